The normalized spacial score (nSPS) is 9.83. The van der Waals surface area contributed by atoms with Crippen LogP contribution in [0.4, 0.5) is 0 Å². The summed E-state index contributed by atoms with van der Waals surface area (Å²) in [6, 6.07) is 4.05. The van der Waals surface area contributed by atoms with Gasteiger partial charge in [0.25, 0.3) is 0 Å². The van der Waals surface area contributed by atoms with Gasteiger partial charge in [-0.3, -0.25) is 4.79 Å². The van der Waals surface area contributed by atoms with Crippen molar-refractivity contribution in [1.29, 1.82) is 0 Å². The minimum atomic E-state index is 0.0276. The Morgan fingerprint density at radius 2 is 2.42 bits per heavy atom. The average molecular weight is 166 g/mol. The topological polar surface area (TPSA) is 34.0 Å². The fraction of sp³-hybridized carbons (Fsp3) is 0.444. The highest BCUT2D eigenvalue weighted by molar-refractivity contribution is 5.72. The summed E-state index contributed by atoms with van der Waals surface area (Å²) in [7, 11) is 0. The predicted octanol–water partition coefficient (Wildman–Crippen LogP) is 0.933. The van der Waals surface area contributed by atoms with E-state index in [0.717, 1.165) is 6.54 Å². The molecule has 1 aromatic rings. The average Bonchev–Trinajstić information content (AvgIpc) is 2.36. The van der Waals surface area contributed by atoms with Crippen LogP contribution in [-0.4, -0.2) is 17.0 Å². The molecule has 0 aliphatic carbocycles. The summed E-state index contributed by atoms with van der Waals surface area (Å²) in [6.07, 6.45) is 2.01. The molecule has 0 aliphatic heterocycles. The Morgan fingerprint density at radius 3 is 2.92 bits per heavy atom. The van der Waals surface area contributed by atoms with E-state index in [-0.39, 0.29) is 5.91 Å². The van der Waals surface area contributed by atoms with Crippen LogP contribution >= 0.6 is 0 Å². The van der Waals surface area contributed by atoms with Gasteiger partial charge < -0.3 is 9.88 Å². The molecule has 1 rings (SSSR count). The van der Waals surface area contributed by atoms with Crippen molar-refractivity contribution < 1.29 is 4.79 Å². The van der Waals surface area contributed by atoms with Gasteiger partial charge in [0.15, 0.2) is 0 Å². The summed E-state index contributed by atoms with van der Waals surface area (Å²) in [6.45, 7) is 5.12. The van der Waals surface area contributed by atoms with Crippen molar-refractivity contribution in [1.82, 2.24) is 9.88 Å². The summed E-state index contributed by atoms with van der Waals surface area (Å²) in [5.74, 6) is 0.0276. The van der Waals surface area contributed by atoms with E-state index in [1.54, 1.807) is 0 Å². The van der Waals surface area contributed by atoms with E-state index in [4.69, 9.17) is 0 Å². The zero-order valence-electron chi connectivity index (χ0n) is 7.50. The first-order chi connectivity index (χ1) is 5.70. The molecule has 0 spiro atoms. The molecule has 0 saturated carbocycles. The van der Waals surface area contributed by atoms with Crippen LogP contribution in [0.5, 0.6) is 0 Å². The van der Waals surface area contributed by atoms with Crippen LogP contribution in [0.25, 0.3) is 0 Å². The van der Waals surface area contributed by atoms with E-state index in [1.807, 2.05) is 25.3 Å². The zero-order valence-corrected chi connectivity index (χ0v) is 7.50. The van der Waals surface area contributed by atoms with Crippen molar-refractivity contribution in [3.05, 3.63) is 24.0 Å². The molecule has 1 N–H and O–H groups in total. The third-order valence-corrected chi connectivity index (χ3v) is 1.78. The third kappa shape index (κ3) is 2.42. The quantitative estimate of drug-likeness (QED) is 0.712. The lowest BCUT2D eigenvalue weighted by atomic mass is 10.5. The molecule has 0 saturated heterocycles. The third-order valence-electron chi connectivity index (χ3n) is 1.78. The van der Waals surface area contributed by atoms with Gasteiger partial charge in [-0.15, -0.1) is 0 Å². The molecule has 0 aliphatic rings. The second-order valence-corrected chi connectivity index (χ2v) is 2.83. The fourth-order valence-electron chi connectivity index (χ4n) is 1.10. The van der Waals surface area contributed by atoms with Crippen molar-refractivity contribution in [2.45, 2.75) is 20.4 Å². The van der Waals surface area contributed by atoms with E-state index < -0.39 is 0 Å². The number of carbonyl (C=O) groups is 1. The van der Waals surface area contributed by atoms with Crippen molar-refractivity contribution in [3.63, 3.8) is 0 Å². The SMILES string of the molecule is CC(=O)NCCn1cccc1C. The number of carbonyl (C=O) groups excluding carboxylic acids is 1. The lowest BCUT2D eigenvalue weighted by Crippen LogP contribution is -2.24. The molecule has 0 aromatic carbocycles. The van der Waals surface area contributed by atoms with Crippen LogP contribution in [0.2, 0.25) is 0 Å². The Kier molecular flexibility index (Phi) is 2.91. The number of amides is 1. The van der Waals surface area contributed by atoms with Crippen LogP contribution in [0.3, 0.4) is 0 Å². The molecule has 0 radical (unpaired) electrons. The summed E-state index contributed by atoms with van der Waals surface area (Å²) in [4.78, 5) is 10.5. The molecule has 3 nitrogen and oxygen atoms in total. The molecule has 0 fully saturated rings. The van der Waals surface area contributed by atoms with Gasteiger partial charge in [-0.25, -0.2) is 0 Å². The first-order valence-electron chi connectivity index (χ1n) is 4.06. The highest BCUT2D eigenvalue weighted by atomic mass is 16.1. The predicted molar refractivity (Wildman–Crippen MR) is 47.9 cm³/mol. The number of hydrogen-bond donors (Lipinski definition) is 1. The van der Waals surface area contributed by atoms with Gasteiger partial charge in [0.2, 0.25) is 5.91 Å². The molecule has 1 aromatic heterocycles. The standard InChI is InChI=1S/C9H14N2O/c1-8-4-3-6-11(8)7-5-10-9(2)12/h3-4,6H,5,7H2,1-2H3,(H,10,12). The number of aromatic nitrogens is 1. The van der Waals surface area contributed by atoms with E-state index >= 15 is 0 Å². The molecule has 1 amide bonds. The molecule has 12 heavy (non-hydrogen) atoms. The molecule has 66 valence electrons. The maximum absolute atomic E-state index is 10.5. The second-order valence-electron chi connectivity index (χ2n) is 2.83. The minimum absolute atomic E-state index is 0.0276. The molecule has 0 bridgehead atoms. The molecule has 1 heterocycles. The fourth-order valence-corrected chi connectivity index (χ4v) is 1.10. The summed E-state index contributed by atoms with van der Waals surface area (Å²) in [5.41, 5.74) is 1.22. The van der Waals surface area contributed by atoms with Crippen LogP contribution < -0.4 is 5.32 Å². The Morgan fingerprint density at radius 1 is 1.67 bits per heavy atom. The van der Waals surface area contributed by atoms with Gasteiger partial charge in [0.05, 0.1) is 0 Å². The lowest BCUT2D eigenvalue weighted by molar-refractivity contribution is -0.118. The van der Waals surface area contributed by atoms with Crippen molar-refractivity contribution in [2.24, 2.45) is 0 Å². The first kappa shape index (κ1) is 8.84. The van der Waals surface area contributed by atoms with Crippen molar-refractivity contribution in [2.75, 3.05) is 6.54 Å². The number of aryl methyl sites for hydroxylation is 1. The smallest absolute Gasteiger partial charge is 0.216 e. The number of hydrogen-bond acceptors (Lipinski definition) is 1. The van der Waals surface area contributed by atoms with Crippen LogP contribution in [0.1, 0.15) is 12.6 Å². The van der Waals surface area contributed by atoms with Gasteiger partial charge in [-0.05, 0) is 19.1 Å². The highest BCUT2D eigenvalue weighted by Gasteiger charge is 1.94. The van der Waals surface area contributed by atoms with Gasteiger partial charge in [-0.2, -0.15) is 0 Å². The van der Waals surface area contributed by atoms with Crippen LogP contribution in [0, 0.1) is 6.92 Å². The Labute approximate surface area is 72.4 Å². The monoisotopic (exact) mass is 166 g/mol. The number of nitrogens with one attached hydrogen (secondary N) is 1. The number of rotatable bonds is 3. The Hall–Kier alpha value is -1.25. The van der Waals surface area contributed by atoms with Crippen molar-refractivity contribution in [3.8, 4) is 0 Å². The summed E-state index contributed by atoms with van der Waals surface area (Å²) >= 11 is 0. The highest BCUT2D eigenvalue weighted by Crippen LogP contribution is 1.98. The Balaban J connectivity index is 2.33. The summed E-state index contributed by atoms with van der Waals surface area (Å²) < 4.78 is 2.11. The van der Waals surface area contributed by atoms with Gasteiger partial charge in [-0.1, -0.05) is 0 Å². The molecule has 3 heteroatoms. The van der Waals surface area contributed by atoms with Crippen LogP contribution in [-0.2, 0) is 11.3 Å². The van der Waals surface area contributed by atoms with Crippen molar-refractivity contribution >= 4 is 5.91 Å². The number of nitrogens with zero attached hydrogens (tertiary/aromatic N) is 1. The largest absolute Gasteiger partial charge is 0.355 e. The minimum Gasteiger partial charge on any atom is -0.355 e. The summed E-state index contributed by atoms with van der Waals surface area (Å²) in [5, 5.41) is 2.75. The lowest BCUT2D eigenvalue weighted by Gasteiger charge is -2.05. The van der Waals surface area contributed by atoms with Gasteiger partial charge >= 0.3 is 0 Å². The first-order valence-corrected chi connectivity index (χ1v) is 4.06. The van der Waals surface area contributed by atoms with Gasteiger partial charge in [0.1, 0.15) is 0 Å². The molecular weight excluding hydrogens is 152 g/mol. The zero-order chi connectivity index (χ0) is 8.97. The van der Waals surface area contributed by atoms with E-state index in [9.17, 15) is 4.79 Å². The molecular formula is C9H14N2O. The Bertz CT molecular complexity index is 265. The van der Waals surface area contributed by atoms with E-state index in [0.29, 0.717) is 6.54 Å². The van der Waals surface area contributed by atoms with Crippen LogP contribution in [0.15, 0.2) is 18.3 Å². The molecule has 0 atom stereocenters. The van der Waals surface area contributed by atoms with E-state index in [1.165, 1.54) is 12.6 Å². The van der Waals surface area contributed by atoms with Gasteiger partial charge in [0, 0.05) is 31.9 Å². The maximum Gasteiger partial charge on any atom is 0.216 e. The maximum atomic E-state index is 10.5. The second kappa shape index (κ2) is 3.95. The van der Waals surface area contributed by atoms with E-state index in [2.05, 4.69) is 9.88 Å². The molecule has 0 unspecified atom stereocenters.